The predicted octanol–water partition coefficient (Wildman–Crippen LogP) is 4.94. The van der Waals surface area contributed by atoms with Gasteiger partial charge in [-0.3, -0.25) is 4.79 Å². The van der Waals surface area contributed by atoms with Gasteiger partial charge >= 0.3 is 12.1 Å². The number of carbonyl (C=O) groups excluding carboxylic acids is 2. The van der Waals surface area contributed by atoms with Gasteiger partial charge in [0.25, 0.3) is 11.7 Å². The molecule has 140 valence electrons. The van der Waals surface area contributed by atoms with Gasteiger partial charge in [0.2, 0.25) is 0 Å². The molecule has 0 aliphatic carbocycles. The number of rotatable bonds is 7. The Labute approximate surface area is 145 Å². The maximum absolute atomic E-state index is 13.3. The number of hydrogen-bond acceptors (Lipinski definition) is 4. The quantitative estimate of drug-likeness (QED) is 0.378. The highest BCUT2D eigenvalue weighted by atomic mass is 35.5. The molecule has 0 atom stereocenters. The lowest BCUT2D eigenvalue weighted by Crippen LogP contribution is -2.24. The van der Waals surface area contributed by atoms with Crippen LogP contribution in [0.25, 0.3) is 0 Å². The van der Waals surface area contributed by atoms with Crippen LogP contribution in [-0.4, -0.2) is 22.8 Å². The first kappa shape index (κ1) is 21.3. The molecule has 0 aliphatic rings. The van der Waals surface area contributed by atoms with Crippen LogP contribution in [0.5, 0.6) is 0 Å². The molecule has 0 fully saturated rings. The molecule has 4 nitrogen and oxygen atoms in total. The third-order valence-electron chi connectivity index (χ3n) is 3.26. The van der Waals surface area contributed by atoms with Crippen molar-refractivity contribution in [2.24, 2.45) is 0 Å². The molecule has 0 spiro atoms. The second kappa shape index (κ2) is 8.55. The molecule has 1 aromatic rings. The normalized spacial score (nSPS) is 11.7. The van der Waals surface area contributed by atoms with Crippen LogP contribution in [0.1, 0.15) is 70.8 Å². The highest BCUT2D eigenvalue weighted by Crippen LogP contribution is 2.38. The van der Waals surface area contributed by atoms with Crippen molar-refractivity contribution >= 4 is 22.8 Å². The number of ether oxygens (including phenoxy) is 1. The zero-order chi connectivity index (χ0) is 19.4. The van der Waals surface area contributed by atoms with Crippen molar-refractivity contribution in [1.82, 2.24) is 4.98 Å². The molecular formula is C15H15ClF5NO3. The summed E-state index contributed by atoms with van der Waals surface area (Å²) < 4.78 is 70.8. The van der Waals surface area contributed by atoms with E-state index >= 15 is 0 Å². The lowest BCUT2D eigenvalue weighted by molar-refractivity contribution is -0.142. The summed E-state index contributed by atoms with van der Waals surface area (Å²) in [7, 11) is 0. The van der Waals surface area contributed by atoms with Crippen molar-refractivity contribution in [2.75, 3.05) is 6.61 Å². The van der Waals surface area contributed by atoms with Crippen LogP contribution in [0.3, 0.4) is 0 Å². The Kier molecular flexibility index (Phi) is 7.28. The standard InChI is InChI=1S/C15H15ClF5NO3/c1-3-5-6-7-8(12(16)23)10(13(17)18)22-11(15(19,20)21)9(7)14(24)25-4-2/h13H,3-6H2,1-2H3. The summed E-state index contributed by atoms with van der Waals surface area (Å²) in [4.78, 5) is 26.5. The van der Waals surface area contributed by atoms with Gasteiger partial charge in [-0.1, -0.05) is 13.3 Å². The van der Waals surface area contributed by atoms with Crippen LogP contribution in [0.15, 0.2) is 0 Å². The molecule has 0 N–H and O–H groups in total. The Morgan fingerprint density at radius 1 is 1.20 bits per heavy atom. The Bertz CT molecular complexity index is 662. The van der Waals surface area contributed by atoms with Crippen molar-refractivity contribution < 1.29 is 36.3 Å². The second-order valence-corrected chi connectivity index (χ2v) is 5.31. The third kappa shape index (κ3) is 4.87. The highest BCUT2D eigenvalue weighted by molar-refractivity contribution is 6.68. The van der Waals surface area contributed by atoms with Crippen LogP contribution in [0.2, 0.25) is 0 Å². The molecule has 0 radical (unpaired) electrons. The summed E-state index contributed by atoms with van der Waals surface area (Å²) in [6.07, 6.45) is -8.18. The molecule has 1 aromatic heterocycles. The van der Waals surface area contributed by atoms with E-state index in [4.69, 9.17) is 11.6 Å². The third-order valence-corrected chi connectivity index (χ3v) is 3.45. The number of hydrogen-bond donors (Lipinski definition) is 0. The number of carbonyl (C=O) groups is 2. The van der Waals surface area contributed by atoms with E-state index in [2.05, 4.69) is 9.72 Å². The van der Waals surface area contributed by atoms with Crippen LogP contribution >= 0.6 is 11.6 Å². The molecule has 0 bridgehead atoms. The van der Waals surface area contributed by atoms with Gasteiger partial charge in [-0.05, 0) is 36.9 Å². The van der Waals surface area contributed by atoms with Crippen molar-refractivity contribution in [3.63, 3.8) is 0 Å². The number of pyridine rings is 1. The number of aromatic nitrogens is 1. The molecule has 1 rings (SSSR count). The van der Waals surface area contributed by atoms with E-state index in [1.807, 2.05) is 0 Å². The molecule has 0 unspecified atom stereocenters. The molecule has 1 heterocycles. The maximum Gasteiger partial charge on any atom is 0.434 e. The molecule has 0 saturated heterocycles. The first-order valence-electron chi connectivity index (χ1n) is 7.35. The van der Waals surface area contributed by atoms with Gasteiger partial charge in [0, 0.05) is 0 Å². The fraction of sp³-hybridized carbons (Fsp3) is 0.533. The van der Waals surface area contributed by atoms with Gasteiger partial charge in [-0.15, -0.1) is 0 Å². The molecule has 0 aliphatic heterocycles. The predicted molar refractivity (Wildman–Crippen MR) is 78.9 cm³/mol. The largest absolute Gasteiger partial charge is 0.462 e. The van der Waals surface area contributed by atoms with E-state index in [9.17, 15) is 31.5 Å². The molecular weight excluding hydrogens is 373 g/mol. The molecule has 0 amide bonds. The lowest BCUT2D eigenvalue weighted by Gasteiger charge is -2.20. The van der Waals surface area contributed by atoms with E-state index in [0.29, 0.717) is 6.42 Å². The van der Waals surface area contributed by atoms with Gasteiger partial charge < -0.3 is 4.74 Å². The number of alkyl halides is 5. The zero-order valence-corrected chi connectivity index (χ0v) is 14.1. The molecule has 10 heteroatoms. The van der Waals surface area contributed by atoms with Crippen LogP contribution in [-0.2, 0) is 17.3 Å². The van der Waals surface area contributed by atoms with Gasteiger partial charge in [0.15, 0.2) is 5.69 Å². The van der Waals surface area contributed by atoms with E-state index in [0.717, 1.165) is 0 Å². The maximum atomic E-state index is 13.3. The molecule has 0 saturated carbocycles. The fourth-order valence-electron chi connectivity index (χ4n) is 2.26. The minimum atomic E-state index is -5.19. The molecule has 0 aromatic carbocycles. The minimum Gasteiger partial charge on any atom is -0.462 e. The average Bonchev–Trinajstić information content (AvgIpc) is 2.50. The highest BCUT2D eigenvalue weighted by Gasteiger charge is 2.42. The summed E-state index contributed by atoms with van der Waals surface area (Å²) in [5.74, 6) is -1.39. The average molecular weight is 388 g/mol. The van der Waals surface area contributed by atoms with Gasteiger partial charge in [0.1, 0.15) is 5.69 Å². The molecule has 25 heavy (non-hydrogen) atoms. The Balaban J connectivity index is 3.93. The van der Waals surface area contributed by atoms with Crippen molar-refractivity contribution in [3.05, 3.63) is 28.1 Å². The minimum absolute atomic E-state index is 0.232. The number of halogens is 6. The fourth-order valence-corrected chi connectivity index (χ4v) is 2.47. The van der Waals surface area contributed by atoms with Gasteiger partial charge in [-0.2, -0.15) is 13.2 Å². The van der Waals surface area contributed by atoms with E-state index in [-0.39, 0.29) is 19.4 Å². The van der Waals surface area contributed by atoms with Gasteiger partial charge in [0.05, 0.1) is 17.7 Å². The Morgan fingerprint density at radius 2 is 1.80 bits per heavy atom. The lowest BCUT2D eigenvalue weighted by atomic mass is 9.94. The number of esters is 1. The second-order valence-electron chi connectivity index (χ2n) is 4.97. The Hall–Kier alpha value is -1.77. The van der Waals surface area contributed by atoms with Crippen LogP contribution in [0, 0.1) is 0 Å². The summed E-state index contributed by atoms with van der Waals surface area (Å²) >= 11 is 5.31. The van der Waals surface area contributed by atoms with Crippen molar-refractivity contribution in [2.45, 2.75) is 45.7 Å². The van der Waals surface area contributed by atoms with Gasteiger partial charge in [-0.25, -0.2) is 18.6 Å². The SMILES string of the molecule is CCCCc1c(C(=O)Cl)c(C(F)F)nc(C(F)(F)F)c1C(=O)OCC. The number of nitrogens with zero attached hydrogens (tertiary/aromatic N) is 1. The van der Waals surface area contributed by atoms with E-state index < -0.39 is 51.9 Å². The summed E-state index contributed by atoms with van der Waals surface area (Å²) in [5, 5.41) is -1.41. The van der Waals surface area contributed by atoms with Crippen molar-refractivity contribution in [3.8, 4) is 0 Å². The van der Waals surface area contributed by atoms with E-state index in [1.165, 1.54) is 6.92 Å². The summed E-state index contributed by atoms with van der Waals surface area (Å²) in [6, 6.07) is 0. The summed E-state index contributed by atoms with van der Waals surface area (Å²) in [6.45, 7) is 2.82. The first-order chi connectivity index (χ1) is 11.6. The van der Waals surface area contributed by atoms with Crippen LogP contribution in [0.4, 0.5) is 22.0 Å². The monoisotopic (exact) mass is 387 g/mol. The van der Waals surface area contributed by atoms with E-state index in [1.54, 1.807) is 6.92 Å². The number of unbranched alkanes of at least 4 members (excludes halogenated alkanes) is 1. The van der Waals surface area contributed by atoms with Crippen LogP contribution < -0.4 is 0 Å². The zero-order valence-electron chi connectivity index (χ0n) is 13.3. The van der Waals surface area contributed by atoms with Crippen molar-refractivity contribution in [1.29, 1.82) is 0 Å². The Morgan fingerprint density at radius 3 is 2.20 bits per heavy atom. The topological polar surface area (TPSA) is 56.3 Å². The summed E-state index contributed by atoms with van der Waals surface area (Å²) in [5.41, 5.74) is -5.64. The smallest absolute Gasteiger partial charge is 0.434 e. The first-order valence-corrected chi connectivity index (χ1v) is 7.73.